The van der Waals surface area contributed by atoms with Crippen LogP contribution in [-0.4, -0.2) is 27.1 Å². The van der Waals surface area contributed by atoms with Crippen LogP contribution in [0.3, 0.4) is 0 Å². The summed E-state index contributed by atoms with van der Waals surface area (Å²) in [6, 6.07) is 0.247. The molecule has 1 aliphatic heterocycles. The van der Waals surface area contributed by atoms with Crippen molar-refractivity contribution in [3.8, 4) is 0 Å². The van der Waals surface area contributed by atoms with E-state index in [0.29, 0.717) is 5.91 Å². The zero-order valence-corrected chi connectivity index (χ0v) is 15.5. The van der Waals surface area contributed by atoms with Gasteiger partial charge in [-0.3, -0.25) is 9.48 Å². The van der Waals surface area contributed by atoms with Gasteiger partial charge in [-0.25, -0.2) is 0 Å². The molecule has 0 unspecified atom stereocenters. The molecule has 6 rings (SSSR count). The Labute approximate surface area is 151 Å². The predicted molar refractivity (Wildman–Crippen MR) is 96.7 cm³/mol. The van der Waals surface area contributed by atoms with Crippen molar-refractivity contribution in [2.24, 2.45) is 30.2 Å². The second kappa shape index (κ2) is 5.85. The Bertz CT molecular complexity index is 629. The molecule has 0 aromatic carbocycles. The van der Waals surface area contributed by atoms with Crippen LogP contribution in [0, 0.1) is 23.2 Å². The molecule has 2 heterocycles. The van der Waals surface area contributed by atoms with Crippen molar-refractivity contribution in [2.45, 2.75) is 70.3 Å². The fourth-order valence-electron chi connectivity index (χ4n) is 6.99. The number of amides is 1. The standard InChI is InChI=1S/C21H31N3O/c1-23-14-18(13-22-23)19-5-3-2-4-6-24(19)20(25)21-10-15-7-16(11-21)9-17(8-15)12-21/h13-17,19H,2-12H2,1H3/t15?,16?,17?,19-,21?/m1/s1. The second-order valence-electron chi connectivity index (χ2n) is 9.51. The third kappa shape index (κ3) is 2.63. The Morgan fingerprint density at radius 3 is 2.36 bits per heavy atom. The maximum atomic E-state index is 13.9. The summed E-state index contributed by atoms with van der Waals surface area (Å²) in [6.07, 6.45) is 16.6. The molecule has 4 bridgehead atoms. The van der Waals surface area contributed by atoms with Crippen molar-refractivity contribution in [1.82, 2.24) is 14.7 Å². The molecule has 0 N–H and O–H groups in total. The van der Waals surface area contributed by atoms with Crippen LogP contribution in [0.15, 0.2) is 12.4 Å². The molecule has 1 amide bonds. The van der Waals surface area contributed by atoms with Gasteiger partial charge in [-0.05, 0) is 69.1 Å². The first-order chi connectivity index (χ1) is 12.1. The average Bonchev–Trinajstić information content (AvgIpc) is 2.86. The molecule has 1 atom stereocenters. The van der Waals surface area contributed by atoms with E-state index in [4.69, 9.17) is 0 Å². The van der Waals surface area contributed by atoms with E-state index in [9.17, 15) is 4.79 Å². The molecule has 0 spiro atoms. The van der Waals surface area contributed by atoms with Gasteiger partial charge < -0.3 is 4.90 Å². The van der Waals surface area contributed by atoms with Gasteiger partial charge in [-0.1, -0.05) is 12.8 Å². The van der Waals surface area contributed by atoms with E-state index in [1.54, 1.807) is 0 Å². The number of hydrogen-bond donors (Lipinski definition) is 0. The lowest BCUT2D eigenvalue weighted by atomic mass is 9.49. The van der Waals surface area contributed by atoms with Gasteiger partial charge in [-0.15, -0.1) is 0 Å². The number of carbonyl (C=O) groups excluding carboxylic acids is 1. The average molecular weight is 341 g/mol. The third-order valence-corrected chi connectivity index (χ3v) is 7.62. The van der Waals surface area contributed by atoms with Crippen molar-refractivity contribution in [3.63, 3.8) is 0 Å². The highest BCUT2D eigenvalue weighted by molar-refractivity contribution is 5.84. The van der Waals surface area contributed by atoms with E-state index in [1.165, 1.54) is 56.9 Å². The minimum atomic E-state index is -0.0143. The largest absolute Gasteiger partial charge is 0.335 e. The number of hydrogen-bond acceptors (Lipinski definition) is 2. The lowest BCUT2D eigenvalue weighted by Gasteiger charge is -2.57. The number of aryl methyl sites for hydroxylation is 1. The number of rotatable bonds is 2. The van der Waals surface area contributed by atoms with E-state index < -0.39 is 0 Å². The van der Waals surface area contributed by atoms with Crippen molar-refractivity contribution < 1.29 is 4.79 Å². The summed E-state index contributed by atoms with van der Waals surface area (Å²) >= 11 is 0. The molecule has 1 saturated heterocycles. The molecule has 4 saturated carbocycles. The molecule has 0 radical (unpaired) electrons. The SMILES string of the molecule is Cn1cc([C@H]2CCCCCN2C(=O)C23CC4CC(CC(C4)C2)C3)cn1. The van der Waals surface area contributed by atoms with Crippen molar-refractivity contribution in [1.29, 1.82) is 0 Å². The van der Waals surface area contributed by atoms with Gasteiger partial charge in [0.05, 0.1) is 17.7 Å². The zero-order valence-electron chi connectivity index (χ0n) is 15.5. The number of likely N-dealkylation sites (tertiary alicyclic amines) is 1. The molecule has 1 aromatic rings. The fraction of sp³-hybridized carbons (Fsp3) is 0.810. The Morgan fingerprint density at radius 2 is 1.76 bits per heavy atom. The Balaban J connectivity index is 1.46. The molecule has 136 valence electrons. The van der Waals surface area contributed by atoms with Gasteiger partial charge in [0.15, 0.2) is 0 Å². The summed E-state index contributed by atoms with van der Waals surface area (Å²) in [5, 5.41) is 4.39. The van der Waals surface area contributed by atoms with Crippen LogP contribution < -0.4 is 0 Å². The highest BCUT2D eigenvalue weighted by Crippen LogP contribution is 2.61. The smallest absolute Gasteiger partial charge is 0.229 e. The first kappa shape index (κ1) is 15.9. The fourth-order valence-corrected chi connectivity index (χ4v) is 6.99. The van der Waals surface area contributed by atoms with Gasteiger partial charge in [0, 0.05) is 25.4 Å². The Hall–Kier alpha value is -1.32. The molecule has 25 heavy (non-hydrogen) atoms. The molecular weight excluding hydrogens is 310 g/mol. The van der Waals surface area contributed by atoms with Crippen LogP contribution in [0.5, 0.6) is 0 Å². The first-order valence-corrected chi connectivity index (χ1v) is 10.4. The van der Waals surface area contributed by atoms with Crippen LogP contribution in [0.4, 0.5) is 0 Å². The number of aromatic nitrogens is 2. The quantitative estimate of drug-likeness (QED) is 0.813. The minimum absolute atomic E-state index is 0.0143. The number of carbonyl (C=O) groups is 1. The van der Waals surface area contributed by atoms with Crippen LogP contribution in [0.1, 0.15) is 75.8 Å². The van der Waals surface area contributed by atoms with Crippen LogP contribution >= 0.6 is 0 Å². The van der Waals surface area contributed by atoms with Crippen LogP contribution in [0.2, 0.25) is 0 Å². The molecule has 1 aromatic heterocycles. The van der Waals surface area contributed by atoms with Gasteiger partial charge >= 0.3 is 0 Å². The summed E-state index contributed by atoms with van der Waals surface area (Å²) in [4.78, 5) is 16.2. The lowest BCUT2D eigenvalue weighted by molar-refractivity contribution is -0.160. The maximum Gasteiger partial charge on any atom is 0.229 e. The molecule has 5 fully saturated rings. The van der Waals surface area contributed by atoms with E-state index in [1.807, 2.05) is 17.9 Å². The molecular formula is C21H31N3O. The first-order valence-electron chi connectivity index (χ1n) is 10.4. The highest BCUT2D eigenvalue weighted by atomic mass is 16.2. The second-order valence-corrected chi connectivity index (χ2v) is 9.51. The summed E-state index contributed by atoms with van der Waals surface area (Å²) in [5.41, 5.74) is 1.22. The highest BCUT2D eigenvalue weighted by Gasteiger charge is 2.56. The van der Waals surface area contributed by atoms with Crippen molar-refractivity contribution in [3.05, 3.63) is 18.0 Å². The lowest BCUT2D eigenvalue weighted by Crippen LogP contribution is -2.55. The molecule has 5 aliphatic rings. The maximum absolute atomic E-state index is 13.9. The number of nitrogens with zero attached hydrogens (tertiary/aromatic N) is 3. The Kier molecular flexibility index (Phi) is 3.72. The monoisotopic (exact) mass is 341 g/mol. The summed E-state index contributed by atoms with van der Waals surface area (Å²) in [5.74, 6) is 3.00. The van der Waals surface area contributed by atoms with Crippen molar-refractivity contribution >= 4 is 5.91 Å². The van der Waals surface area contributed by atoms with Gasteiger partial charge in [-0.2, -0.15) is 5.10 Å². The van der Waals surface area contributed by atoms with E-state index in [0.717, 1.165) is 37.1 Å². The van der Waals surface area contributed by atoms with Gasteiger partial charge in [0.2, 0.25) is 5.91 Å². The van der Waals surface area contributed by atoms with Gasteiger partial charge in [0.1, 0.15) is 0 Å². The Morgan fingerprint density at radius 1 is 1.08 bits per heavy atom. The summed E-state index contributed by atoms with van der Waals surface area (Å²) in [7, 11) is 1.98. The molecule has 4 nitrogen and oxygen atoms in total. The topological polar surface area (TPSA) is 38.1 Å². The van der Waals surface area contributed by atoms with Crippen molar-refractivity contribution in [2.75, 3.05) is 6.54 Å². The van der Waals surface area contributed by atoms with E-state index in [2.05, 4.69) is 16.2 Å². The van der Waals surface area contributed by atoms with Crippen LogP contribution in [0.25, 0.3) is 0 Å². The van der Waals surface area contributed by atoms with E-state index >= 15 is 0 Å². The van der Waals surface area contributed by atoms with Gasteiger partial charge in [0.25, 0.3) is 0 Å². The molecule has 4 aliphatic carbocycles. The normalized spacial score (nSPS) is 40.3. The van der Waals surface area contributed by atoms with E-state index in [-0.39, 0.29) is 11.5 Å². The third-order valence-electron chi connectivity index (χ3n) is 7.62. The zero-order chi connectivity index (χ0) is 17.0. The van der Waals surface area contributed by atoms with Crippen LogP contribution in [-0.2, 0) is 11.8 Å². The minimum Gasteiger partial charge on any atom is -0.335 e. The predicted octanol–water partition coefficient (Wildman–Crippen LogP) is 4.08. The molecule has 4 heteroatoms. The summed E-state index contributed by atoms with van der Waals surface area (Å²) < 4.78 is 1.88. The summed E-state index contributed by atoms with van der Waals surface area (Å²) in [6.45, 7) is 0.945.